The Morgan fingerprint density at radius 1 is 1.40 bits per heavy atom. The van der Waals surface area contributed by atoms with Gasteiger partial charge in [-0.05, 0) is 6.07 Å². The predicted molar refractivity (Wildman–Crippen MR) is 58.5 cm³/mol. The van der Waals surface area contributed by atoms with Crippen molar-refractivity contribution in [3.8, 4) is 0 Å². The van der Waals surface area contributed by atoms with Crippen LogP contribution in [0.1, 0.15) is 32.2 Å². The Kier molecular flexibility index (Phi) is 2.23. The highest BCUT2D eigenvalue weighted by Gasteiger charge is 2.17. The van der Waals surface area contributed by atoms with Gasteiger partial charge in [0.15, 0.2) is 5.65 Å². The van der Waals surface area contributed by atoms with Gasteiger partial charge in [0.1, 0.15) is 5.52 Å². The lowest BCUT2D eigenvalue weighted by Gasteiger charge is -2.15. The van der Waals surface area contributed by atoms with Crippen LogP contribution in [0.3, 0.4) is 0 Å². The second-order valence-corrected chi connectivity index (χ2v) is 4.69. The summed E-state index contributed by atoms with van der Waals surface area (Å²) >= 11 is 0. The third-order valence-corrected chi connectivity index (χ3v) is 2.35. The lowest BCUT2D eigenvalue weighted by Crippen LogP contribution is -2.11. The highest BCUT2D eigenvalue weighted by Crippen LogP contribution is 2.23. The Morgan fingerprint density at radius 3 is 2.73 bits per heavy atom. The van der Waals surface area contributed by atoms with E-state index in [1.807, 2.05) is 6.07 Å². The monoisotopic (exact) mass is 205 g/mol. The Labute approximate surface area is 88.4 Å². The van der Waals surface area contributed by atoms with Gasteiger partial charge in [-0.2, -0.15) is 0 Å². The number of fused-ring (bicyclic) bond motifs is 1. The van der Waals surface area contributed by atoms with E-state index in [0.717, 1.165) is 16.9 Å². The van der Waals surface area contributed by atoms with Crippen molar-refractivity contribution < 1.29 is 5.11 Å². The molecule has 80 valence electrons. The summed E-state index contributed by atoms with van der Waals surface area (Å²) in [4.78, 5) is 11.7. The minimum absolute atomic E-state index is 0.0573. The second-order valence-electron chi connectivity index (χ2n) is 4.69. The molecule has 0 atom stereocenters. The molecule has 2 rings (SSSR count). The molecule has 0 bridgehead atoms. The van der Waals surface area contributed by atoms with Crippen LogP contribution in [-0.4, -0.2) is 20.1 Å². The lowest BCUT2D eigenvalue weighted by atomic mass is 9.93. The van der Waals surface area contributed by atoms with E-state index in [9.17, 15) is 0 Å². The summed E-state index contributed by atoms with van der Waals surface area (Å²) in [6, 6.07) is 2.00. The van der Waals surface area contributed by atoms with Gasteiger partial charge in [-0.3, -0.25) is 4.98 Å². The standard InChI is InChI=1S/C11H15N3O/c1-11(2,3)9-4-8-10(14-9)13-7(6-15)5-12-8/h4-5,15H,6H2,1-3H3,(H,13,14). The summed E-state index contributed by atoms with van der Waals surface area (Å²) in [5, 5.41) is 8.95. The number of rotatable bonds is 1. The maximum atomic E-state index is 8.95. The number of H-pyrrole nitrogens is 1. The topological polar surface area (TPSA) is 61.8 Å². The normalized spacial score (nSPS) is 12.3. The van der Waals surface area contributed by atoms with E-state index in [1.54, 1.807) is 6.20 Å². The molecule has 0 aliphatic carbocycles. The smallest absolute Gasteiger partial charge is 0.156 e. The van der Waals surface area contributed by atoms with Gasteiger partial charge in [0.05, 0.1) is 18.5 Å². The van der Waals surface area contributed by atoms with Crippen LogP contribution in [0.2, 0.25) is 0 Å². The van der Waals surface area contributed by atoms with Gasteiger partial charge in [-0.1, -0.05) is 20.8 Å². The first-order valence-electron chi connectivity index (χ1n) is 4.96. The van der Waals surface area contributed by atoms with Gasteiger partial charge in [-0.25, -0.2) is 4.98 Å². The molecule has 2 heterocycles. The molecule has 0 radical (unpaired) electrons. The average Bonchev–Trinajstić information content (AvgIpc) is 2.59. The fraction of sp³-hybridized carbons (Fsp3) is 0.455. The molecule has 2 aromatic rings. The Morgan fingerprint density at radius 2 is 2.13 bits per heavy atom. The molecule has 0 aliphatic rings. The molecule has 0 saturated heterocycles. The van der Waals surface area contributed by atoms with Crippen molar-refractivity contribution in [3.05, 3.63) is 23.7 Å². The van der Waals surface area contributed by atoms with E-state index in [-0.39, 0.29) is 12.0 Å². The molecule has 0 unspecified atom stereocenters. The van der Waals surface area contributed by atoms with Gasteiger partial charge < -0.3 is 10.1 Å². The van der Waals surface area contributed by atoms with E-state index >= 15 is 0 Å². The zero-order valence-electron chi connectivity index (χ0n) is 9.20. The average molecular weight is 205 g/mol. The van der Waals surface area contributed by atoms with Crippen molar-refractivity contribution in [2.75, 3.05) is 0 Å². The summed E-state index contributed by atoms with van der Waals surface area (Å²) in [7, 11) is 0. The molecule has 2 N–H and O–H groups in total. The van der Waals surface area contributed by atoms with Crippen LogP contribution < -0.4 is 0 Å². The fourth-order valence-corrected chi connectivity index (χ4v) is 1.41. The lowest BCUT2D eigenvalue weighted by molar-refractivity contribution is 0.277. The van der Waals surface area contributed by atoms with E-state index < -0.39 is 0 Å². The number of aliphatic hydroxyl groups excluding tert-OH is 1. The predicted octanol–water partition coefficient (Wildman–Crippen LogP) is 1.75. The molecular formula is C11H15N3O. The first-order valence-corrected chi connectivity index (χ1v) is 4.96. The van der Waals surface area contributed by atoms with Crippen molar-refractivity contribution in [1.82, 2.24) is 15.0 Å². The van der Waals surface area contributed by atoms with Crippen molar-refractivity contribution in [3.63, 3.8) is 0 Å². The van der Waals surface area contributed by atoms with E-state index in [0.29, 0.717) is 5.69 Å². The van der Waals surface area contributed by atoms with Crippen molar-refractivity contribution >= 4 is 11.2 Å². The highest BCUT2D eigenvalue weighted by molar-refractivity contribution is 5.72. The Bertz CT molecular complexity index is 482. The van der Waals surface area contributed by atoms with Gasteiger partial charge >= 0.3 is 0 Å². The zero-order valence-corrected chi connectivity index (χ0v) is 9.20. The SMILES string of the molecule is CC(C)(C)c1cc2ncc(CO)nc2[nH]1. The van der Waals surface area contributed by atoms with Crippen LogP contribution in [0.5, 0.6) is 0 Å². The van der Waals surface area contributed by atoms with E-state index in [4.69, 9.17) is 5.11 Å². The minimum Gasteiger partial charge on any atom is -0.390 e. The molecule has 4 nitrogen and oxygen atoms in total. The molecule has 0 spiro atoms. The molecule has 0 aliphatic heterocycles. The van der Waals surface area contributed by atoms with Crippen LogP contribution in [0, 0.1) is 0 Å². The maximum absolute atomic E-state index is 8.95. The number of aromatic amines is 1. The number of aromatic nitrogens is 3. The number of nitrogens with zero attached hydrogens (tertiary/aromatic N) is 2. The van der Waals surface area contributed by atoms with Crippen molar-refractivity contribution in [2.45, 2.75) is 32.8 Å². The first-order chi connectivity index (χ1) is 7.00. The number of nitrogens with one attached hydrogen (secondary N) is 1. The molecule has 0 saturated carbocycles. The number of aliphatic hydroxyl groups is 1. The summed E-state index contributed by atoms with van der Waals surface area (Å²) in [6.07, 6.45) is 1.60. The van der Waals surface area contributed by atoms with Gasteiger partial charge in [0, 0.05) is 11.1 Å². The molecule has 2 aromatic heterocycles. The van der Waals surface area contributed by atoms with Crippen molar-refractivity contribution in [2.24, 2.45) is 0 Å². The fourth-order valence-electron chi connectivity index (χ4n) is 1.41. The summed E-state index contributed by atoms with van der Waals surface area (Å²) < 4.78 is 0. The molecule has 0 fully saturated rings. The second kappa shape index (κ2) is 3.31. The largest absolute Gasteiger partial charge is 0.390 e. The number of hydrogen-bond acceptors (Lipinski definition) is 3. The molecular weight excluding hydrogens is 190 g/mol. The number of hydrogen-bond donors (Lipinski definition) is 2. The maximum Gasteiger partial charge on any atom is 0.156 e. The molecule has 0 aromatic carbocycles. The Hall–Kier alpha value is -1.42. The van der Waals surface area contributed by atoms with Crippen LogP contribution in [0.25, 0.3) is 11.2 Å². The van der Waals surface area contributed by atoms with Crippen LogP contribution >= 0.6 is 0 Å². The van der Waals surface area contributed by atoms with E-state index in [1.165, 1.54) is 0 Å². The van der Waals surface area contributed by atoms with Crippen molar-refractivity contribution in [1.29, 1.82) is 0 Å². The summed E-state index contributed by atoms with van der Waals surface area (Å²) in [5.41, 5.74) is 3.34. The van der Waals surface area contributed by atoms with Crippen LogP contribution in [0.15, 0.2) is 12.3 Å². The van der Waals surface area contributed by atoms with Crippen LogP contribution in [-0.2, 0) is 12.0 Å². The zero-order chi connectivity index (χ0) is 11.1. The molecule has 0 amide bonds. The van der Waals surface area contributed by atoms with Gasteiger partial charge in [-0.15, -0.1) is 0 Å². The third-order valence-electron chi connectivity index (χ3n) is 2.35. The summed E-state index contributed by atoms with van der Waals surface area (Å²) in [5.74, 6) is 0. The van der Waals surface area contributed by atoms with E-state index in [2.05, 4.69) is 35.7 Å². The van der Waals surface area contributed by atoms with Gasteiger partial charge in [0.2, 0.25) is 0 Å². The summed E-state index contributed by atoms with van der Waals surface area (Å²) in [6.45, 7) is 6.31. The molecule has 15 heavy (non-hydrogen) atoms. The third kappa shape index (κ3) is 1.85. The highest BCUT2D eigenvalue weighted by atomic mass is 16.3. The van der Waals surface area contributed by atoms with Crippen LogP contribution in [0.4, 0.5) is 0 Å². The Balaban J connectivity index is 2.56. The quantitative estimate of drug-likeness (QED) is 0.745. The first kappa shape index (κ1) is 10.1. The van der Waals surface area contributed by atoms with Gasteiger partial charge in [0.25, 0.3) is 0 Å². The minimum atomic E-state index is -0.0766. The molecule has 4 heteroatoms.